The lowest BCUT2D eigenvalue weighted by atomic mass is 10.1. The third-order valence-corrected chi connectivity index (χ3v) is 2.31. The maximum absolute atomic E-state index is 11.4. The molecule has 0 aliphatic heterocycles. The summed E-state index contributed by atoms with van der Waals surface area (Å²) in [5.41, 5.74) is 0.690. The number of carboxylic acids is 1. The molecule has 104 valence electrons. The van der Waals surface area contributed by atoms with Gasteiger partial charge in [0.05, 0.1) is 6.10 Å². The smallest absolute Gasteiger partial charge is 0.408 e. The fourth-order valence-electron chi connectivity index (χ4n) is 1.46. The van der Waals surface area contributed by atoms with Gasteiger partial charge in [0.25, 0.3) is 0 Å². The van der Waals surface area contributed by atoms with Crippen molar-refractivity contribution in [2.24, 2.45) is 0 Å². The molecule has 1 amide bonds. The van der Waals surface area contributed by atoms with Crippen molar-refractivity contribution in [3.8, 4) is 5.75 Å². The lowest BCUT2D eigenvalue weighted by Gasteiger charge is -2.16. The van der Waals surface area contributed by atoms with Crippen molar-refractivity contribution in [3.63, 3.8) is 0 Å². The van der Waals surface area contributed by atoms with Gasteiger partial charge in [0, 0.05) is 6.42 Å². The van der Waals surface area contributed by atoms with Gasteiger partial charge in [0.1, 0.15) is 11.8 Å². The van der Waals surface area contributed by atoms with Gasteiger partial charge in [-0.25, -0.2) is 9.59 Å². The highest BCUT2D eigenvalue weighted by molar-refractivity contribution is 5.80. The number of amides is 1. The lowest BCUT2D eigenvalue weighted by molar-refractivity contribution is -0.139. The normalized spacial score (nSPS) is 11.9. The Labute approximate surface area is 111 Å². The van der Waals surface area contributed by atoms with Gasteiger partial charge in [-0.2, -0.15) is 0 Å². The Morgan fingerprint density at radius 3 is 2.32 bits per heavy atom. The molecule has 19 heavy (non-hydrogen) atoms. The van der Waals surface area contributed by atoms with E-state index in [1.807, 2.05) is 0 Å². The molecule has 0 heterocycles. The number of rotatable bonds is 5. The van der Waals surface area contributed by atoms with Gasteiger partial charge in [-0.15, -0.1) is 0 Å². The van der Waals surface area contributed by atoms with Crippen molar-refractivity contribution in [2.45, 2.75) is 32.4 Å². The van der Waals surface area contributed by atoms with Crippen LogP contribution in [-0.4, -0.2) is 34.4 Å². The zero-order chi connectivity index (χ0) is 14.4. The number of hydrogen-bond acceptors (Lipinski definition) is 4. The molecule has 0 fully saturated rings. The third-order valence-electron chi connectivity index (χ3n) is 2.31. The van der Waals surface area contributed by atoms with Crippen molar-refractivity contribution < 1.29 is 24.5 Å². The van der Waals surface area contributed by atoms with Gasteiger partial charge in [0.2, 0.25) is 0 Å². The van der Waals surface area contributed by atoms with Crippen LogP contribution in [0.15, 0.2) is 24.3 Å². The first-order valence-corrected chi connectivity index (χ1v) is 5.86. The molecule has 3 N–H and O–H groups in total. The molecule has 0 saturated carbocycles. The molecule has 0 bridgehead atoms. The van der Waals surface area contributed by atoms with Crippen LogP contribution >= 0.6 is 0 Å². The number of nitrogens with one attached hydrogen (secondary N) is 1. The maximum atomic E-state index is 11.4. The van der Waals surface area contributed by atoms with E-state index < -0.39 is 18.1 Å². The highest BCUT2D eigenvalue weighted by atomic mass is 16.6. The Morgan fingerprint density at radius 1 is 1.26 bits per heavy atom. The minimum atomic E-state index is -1.14. The number of benzene rings is 1. The summed E-state index contributed by atoms with van der Waals surface area (Å²) in [7, 11) is 0. The maximum Gasteiger partial charge on any atom is 0.408 e. The SMILES string of the molecule is CC(C)OC(=O)N[C@H](Cc1ccc(O)cc1)C(=O)O. The summed E-state index contributed by atoms with van der Waals surface area (Å²) < 4.78 is 4.83. The van der Waals surface area contributed by atoms with Crippen molar-refractivity contribution in [1.29, 1.82) is 0 Å². The molecule has 1 atom stereocenters. The summed E-state index contributed by atoms with van der Waals surface area (Å²) in [6, 6.07) is 5.04. The van der Waals surface area contributed by atoms with E-state index in [2.05, 4.69) is 5.32 Å². The fourth-order valence-corrected chi connectivity index (χ4v) is 1.46. The van der Waals surface area contributed by atoms with E-state index in [4.69, 9.17) is 14.9 Å². The number of phenolic OH excluding ortho intramolecular Hbond substituents is 1. The number of carbonyl (C=O) groups excluding carboxylic acids is 1. The molecule has 0 saturated heterocycles. The molecule has 0 aliphatic carbocycles. The monoisotopic (exact) mass is 267 g/mol. The van der Waals surface area contributed by atoms with Crippen molar-refractivity contribution in [2.75, 3.05) is 0 Å². The zero-order valence-electron chi connectivity index (χ0n) is 10.8. The van der Waals surface area contributed by atoms with E-state index in [1.165, 1.54) is 12.1 Å². The van der Waals surface area contributed by atoms with Crippen LogP contribution in [0.25, 0.3) is 0 Å². The molecular weight excluding hydrogens is 250 g/mol. The van der Waals surface area contributed by atoms with Gasteiger partial charge in [0.15, 0.2) is 0 Å². The summed E-state index contributed by atoms with van der Waals surface area (Å²) >= 11 is 0. The largest absolute Gasteiger partial charge is 0.508 e. The highest BCUT2D eigenvalue weighted by Gasteiger charge is 2.21. The Bertz CT molecular complexity index is 441. The number of hydrogen-bond donors (Lipinski definition) is 3. The lowest BCUT2D eigenvalue weighted by Crippen LogP contribution is -2.43. The van der Waals surface area contributed by atoms with Gasteiger partial charge in [-0.3, -0.25) is 0 Å². The molecule has 0 radical (unpaired) electrons. The summed E-state index contributed by atoms with van der Waals surface area (Å²) in [5, 5.41) is 20.5. The van der Waals surface area contributed by atoms with E-state index >= 15 is 0 Å². The second kappa shape index (κ2) is 6.63. The molecule has 0 aromatic heterocycles. The van der Waals surface area contributed by atoms with E-state index in [9.17, 15) is 9.59 Å². The number of carbonyl (C=O) groups is 2. The van der Waals surface area contributed by atoms with Gasteiger partial charge in [-0.05, 0) is 31.5 Å². The molecule has 0 spiro atoms. The van der Waals surface area contributed by atoms with Gasteiger partial charge >= 0.3 is 12.1 Å². The molecule has 6 heteroatoms. The first-order chi connectivity index (χ1) is 8.88. The summed E-state index contributed by atoms with van der Waals surface area (Å²) in [6.45, 7) is 3.35. The Balaban J connectivity index is 2.65. The molecular formula is C13H17NO5. The van der Waals surface area contributed by atoms with E-state index in [1.54, 1.807) is 26.0 Å². The number of aliphatic carboxylic acids is 1. The minimum absolute atomic E-state index is 0.0998. The Hall–Kier alpha value is -2.24. The second-order valence-corrected chi connectivity index (χ2v) is 4.36. The number of aromatic hydroxyl groups is 1. The zero-order valence-corrected chi connectivity index (χ0v) is 10.8. The van der Waals surface area contributed by atoms with E-state index in [-0.39, 0.29) is 18.3 Å². The summed E-state index contributed by atoms with van der Waals surface area (Å²) in [4.78, 5) is 22.4. The van der Waals surface area contributed by atoms with Crippen LogP contribution in [0.5, 0.6) is 5.75 Å². The van der Waals surface area contributed by atoms with Crippen LogP contribution in [0.4, 0.5) is 4.79 Å². The fraction of sp³-hybridized carbons (Fsp3) is 0.385. The molecule has 0 unspecified atom stereocenters. The third kappa shape index (κ3) is 5.29. The highest BCUT2D eigenvalue weighted by Crippen LogP contribution is 2.11. The predicted molar refractivity (Wildman–Crippen MR) is 68.0 cm³/mol. The van der Waals surface area contributed by atoms with Gasteiger partial charge in [-0.1, -0.05) is 12.1 Å². The molecule has 0 aliphatic rings. The number of alkyl carbamates (subject to hydrolysis) is 1. The van der Waals surface area contributed by atoms with E-state index in [0.717, 1.165) is 0 Å². The molecule has 1 aromatic rings. The molecule has 1 rings (SSSR count). The standard InChI is InChI=1S/C13H17NO5/c1-8(2)19-13(18)14-11(12(16)17)7-9-3-5-10(15)6-4-9/h3-6,8,11,15H,7H2,1-2H3,(H,14,18)(H,16,17)/t11-/m1/s1. The van der Waals surface area contributed by atoms with Crippen LogP contribution in [0.1, 0.15) is 19.4 Å². The van der Waals surface area contributed by atoms with E-state index in [0.29, 0.717) is 5.56 Å². The average Bonchev–Trinajstić information content (AvgIpc) is 2.29. The summed E-state index contributed by atoms with van der Waals surface area (Å²) in [6.07, 6.45) is -0.965. The van der Waals surface area contributed by atoms with Crippen LogP contribution in [0.2, 0.25) is 0 Å². The number of ether oxygens (including phenoxy) is 1. The van der Waals surface area contributed by atoms with Crippen LogP contribution in [0, 0.1) is 0 Å². The number of carboxylic acid groups (broad SMARTS) is 1. The first kappa shape index (κ1) is 14.8. The Morgan fingerprint density at radius 2 is 1.84 bits per heavy atom. The van der Waals surface area contributed by atoms with Crippen molar-refractivity contribution in [1.82, 2.24) is 5.32 Å². The van der Waals surface area contributed by atoms with Crippen LogP contribution < -0.4 is 5.32 Å². The van der Waals surface area contributed by atoms with Crippen molar-refractivity contribution >= 4 is 12.1 Å². The first-order valence-electron chi connectivity index (χ1n) is 5.86. The quantitative estimate of drug-likeness (QED) is 0.751. The van der Waals surface area contributed by atoms with Crippen molar-refractivity contribution in [3.05, 3.63) is 29.8 Å². The van der Waals surface area contributed by atoms with Crippen LogP contribution in [-0.2, 0) is 16.0 Å². The van der Waals surface area contributed by atoms with Gasteiger partial charge < -0.3 is 20.3 Å². The average molecular weight is 267 g/mol. The predicted octanol–water partition coefficient (Wildman–Crippen LogP) is 1.52. The minimum Gasteiger partial charge on any atom is -0.508 e. The Kier molecular flexibility index (Phi) is 5.17. The second-order valence-electron chi connectivity index (χ2n) is 4.36. The number of phenols is 1. The molecule has 1 aromatic carbocycles. The molecule has 6 nitrogen and oxygen atoms in total. The summed E-state index contributed by atoms with van der Waals surface area (Å²) in [5.74, 6) is -1.04. The van der Waals surface area contributed by atoms with Crippen LogP contribution in [0.3, 0.4) is 0 Å². The topological polar surface area (TPSA) is 95.9 Å².